The van der Waals surface area contributed by atoms with Crippen molar-refractivity contribution in [3.8, 4) is 5.75 Å². The van der Waals surface area contributed by atoms with Crippen molar-refractivity contribution < 1.29 is 9.13 Å². The van der Waals surface area contributed by atoms with E-state index in [1.54, 1.807) is 6.07 Å². The molecule has 18 heavy (non-hydrogen) atoms. The summed E-state index contributed by atoms with van der Waals surface area (Å²) in [7, 11) is 0. The molecule has 0 aliphatic heterocycles. The Hall–Kier alpha value is -2.03. The van der Waals surface area contributed by atoms with E-state index in [1.807, 2.05) is 6.07 Å². The van der Waals surface area contributed by atoms with Crippen molar-refractivity contribution in [3.05, 3.63) is 58.9 Å². The summed E-state index contributed by atoms with van der Waals surface area (Å²) in [5.41, 5.74) is 9.54. The minimum absolute atomic E-state index is 0.318. The molecular formula is C15H16FNO. The lowest BCUT2D eigenvalue weighted by Gasteiger charge is -2.10. The smallest absolute Gasteiger partial charge is 0.142 e. The maximum Gasteiger partial charge on any atom is 0.142 e. The summed E-state index contributed by atoms with van der Waals surface area (Å²) in [6, 6.07) is 10.3. The molecule has 0 saturated carbocycles. The van der Waals surface area contributed by atoms with Gasteiger partial charge in [0.15, 0.2) is 0 Å². The number of nitrogens with two attached hydrogens (primary N) is 1. The van der Waals surface area contributed by atoms with E-state index in [4.69, 9.17) is 10.5 Å². The second-order valence-electron chi connectivity index (χ2n) is 4.39. The van der Waals surface area contributed by atoms with Crippen LogP contribution in [-0.2, 0) is 6.61 Å². The SMILES string of the molecule is Cc1ccc(COc2ccc(F)cc2N)cc1C. The zero-order chi connectivity index (χ0) is 13.1. The Kier molecular flexibility index (Phi) is 3.51. The molecule has 0 saturated heterocycles. The van der Waals surface area contributed by atoms with E-state index < -0.39 is 0 Å². The highest BCUT2D eigenvalue weighted by Gasteiger charge is 2.03. The summed E-state index contributed by atoms with van der Waals surface area (Å²) in [5.74, 6) is 0.153. The number of ether oxygens (including phenoxy) is 1. The first-order valence-corrected chi connectivity index (χ1v) is 5.80. The molecule has 2 N–H and O–H groups in total. The molecule has 2 nitrogen and oxygen atoms in total. The molecule has 0 aliphatic rings. The van der Waals surface area contributed by atoms with Crippen LogP contribution in [0.4, 0.5) is 10.1 Å². The fourth-order valence-electron chi connectivity index (χ4n) is 1.71. The molecule has 0 heterocycles. The van der Waals surface area contributed by atoms with Crippen LogP contribution in [0.15, 0.2) is 36.4 Å². The first-order chi connectivity index (χ1) is 8.56. The molecule has 3 heteroatoms. The van der Waals surface area contributed by atoms with E-state index in [9.17, 15) is 4.39 Å². The average Bonchev–Trinajstić information content (AvgIpc) is 2.32. The predicted molar refractivity (Wildman–Crippen MR) is 71.1 cm³/mol. The molecule has 0 bridgehead atoms. The third-order valence-electron chi connectivity index (χ3n) is 2.94. The Balaban J connectivity index is 2.09. The van der Waals surface area contributed by atoms with Crippen molar-refractivity contribution in [2.24, 2.45) is 0 Å². The van der Waals surface area contributed by atoms with E-state index >= 15 is 0 Å². The van der Waals surface area contributed by atoms with E-state index in [0.717, 1.165) is 5.56 Å². The minimum Gasteiger partial charge on any atom is -0.487 e. The van der Waals surface area contributed by atoms with Gasteiger partial charge in [-0.3, -0.25) is 0 Å². The molecule has 0 amide bonds. The number of aryl methyl sites for hydroxylation is 2. The number of rotatable bonds is 3. The van der Waals surface area contributed by atoms with Gasteiger partial charge in [0.1, 0.15) is 18.2 Å². The van der Waals surface area contributed by atoms with Crippen molar-refractivity contribution in [1.82, 2.24) is 0 Å². The van der Waals surface area contributed by atoms with Gasteiger partial charge < -0.3 is 10.5 Å². The van der Waals surface area contributed by atoms with Crippen LogP contribution in [-0.4, -0.2) is 0 Å². The first kappa shape index (κ1) is 12.4. The average molecular weight is 245 g/mol. The molecule has 2 aromatic carbocycles. The normalized spacial score (nSPS) is 10.4. The molecule has 0 fully saturated rings. The van der Waals surface area contributed by atoms with Crippen LogP contribution in [0.3, 0.4) is 0 Å². The Morgan fingerprint density at radius 2 is 1.83 bits per heavy atom. The maximum atomic E-state index is 12.9. The lowest BCUT2D eigenvalue weighted by atomic mass is 10.1. The zero-order valence-electron chi connectivity index (χ0n) is 10.5. The third kappa shape index (κ3) is 2.80. The van der Waals surface area contributed by atoms with Gasteiger partial charge in [-0.1, -0.05) is 18.2 Å². The molecular weight excluding hydrogens is 229 g/mol. The molecule has 0 aliphatic carbocycles. The van der Waals surface area contributed by atoms with Gasteiger partial charge in [0.25, 0.3) is 0 Å². The van der Waals surface area contributed by atoms with Crippen molar-refractivity contribution in [3.63, 3.8) is 0 Å². The van der Waals surface area contributed by atoms with Crippen LogP contribution in [0.25, 0.3) is 0 Å². The highest BCUT2D eigenvalue weighted by atomic mass is 19.1. The summed E-state index contributed by atoms with van der Waals surface area (Å²) in [5, 5.41) is 0. The lowest BCUT2D eigenvalue weighted by molar-refractivity contribution is 0.307. The molecule has 0 atom stereocenters. The molecule has 2 aromatic rings. The van der Waals surface area contributed by atoms with Crippen LogP contribution in [0.2, 0.25) is 0 Å². The van der Waals surface area contributed by atoms with Crippen LogP contribution in [0.1, 0.15) is 16.7 Å². The van der Waals surface area contributed by atoms with Gasteiger partial charge in [0, 0.05) is 6.07 Å². The number of hydrogen-bond donors (Lipinski definition) is 1. The monoisotopic (exact) mass is 245 g/mol. The molecule has 0 radical (unpaired) electrons. The predicted octanol–water partition coefficient (Wildman–Crippen LogP) is 3.60. The summed E-state index contributed by atoms with van der Waals surface area (Å²) in [6.07, 6.45) is 0. The molecule has 2 rings (SSSR count). The van der Waals surface area contributed by atoms with E-state index in [1.165, 1.54) is 23.3 Å². The number of anilines is 1. The van der Waals surface area contributed by atoms with Crippen molar-refractivity contribution >= 4 is 5.69 Å². The van der Waals surface area contributed by atoms with Crippen molar-refractivity contribution in [2.75, 3.05) is 5.73 Å². The van der Waals surface area contributed by atoms with Gasteiger partial charge in [0.05, 0.1) is 5.69 Å². The van der Waals surface area contributed by atoms with Gasteiger partial charge in [-0.15, -0.1) is 0 Å². The Morgan fingerprint density at radius 3 is 2.50 bits per heavy atom. The van der Waals surface area contributed by atoms with Crippen LogP contribution in [0, 0.1) is 19.7 Å². The van der Waals surface area contributed by atoms with Crippen molar-refractivity contribution in [1.29, 1.82) is 0 Å². The highest BCUT2D eigenvalue weighted by molar-refractivity contribution is 5.52. The van der Waals surface area contributed by atoms with E-state index in [-0.39, 0.29) is 5.82 Å². The molecule has 0 spiro atoms. The summed E-state index contributed by atoms with van der Waals surface area (Å²) >= 11 is 0. The van der Waals surface area contributed by atoms with Gasteiger partial charge in [0.2, 0.25) is 0 Å². The topological polar surface area (TPSA) is 35.2 Å². The zero-order valence-corrected chi connectivity index (χ0v) is 10.5. The quantitative estimate of drug-likeness (QED) is 0.838. The maximum absolute atomic E-state index is 12.9. The largest absolute Gasteiger partial charge is 0.487 e. The number of benzene rings is 2. The van der Waals surface area contributed by atoms with E-state index in [2.05, 4.69) is 26.0 Å². The first-order valence-electron chi connectivity index (χ1n) is 5.80. The summed E-state index contributed by atoms with van der Waals surface area (Å²) < 4.78 is 18.5. The molecule has 0 aromatic heterocycles. The van der Waals surface area contributed by atoms with Crippen LogP contribution < -0.4 is 10.5 Å². The second-order valence-corrected chi connectivity index (χ2v) is 4.39. The Bertz CT molecular complexity index is 566. The standard InChI is InChI=1S/C15H16FNO/c1-10-3-4-12(7-11(10)2)9-18-15-6-5-13(16)8-14(15)17/h3-8H,9,17H2,1-2H3. The highest BCUT2D eigenvalue weighted by Crippen LogP contribution is 2.23. The van der Waals surface area contributed by atoms with Crippen LogP contribution >= 0.6 is 0 Å². The Morgan fingerprint density at radius 1 is 1.06 bits per heavy atom. The number of hydrogen-bond acceptors (Lipinski definition) is 2. The molecule has 94 valence electrons. The van der Waals surface area contributed by atoms with Gasteiger partial charge >= 0.3 is 0 Å². The minimum atomic E-state index is -0.356. The van der Waals surface area contributed by atoms with E-state index in [0.29, 0.717) is 18.0 Å². The Labute approximate surface area is 106 Å². The molecule has 0 unspecified atom stereocenters. The van der Waals surface area contributed by atoms with Gasteiger partial charge in [-0.05, 0) is 42.7 Å². The van der Waals surface area contributed by atoms with Gasteiger partial charge in [-0.2, -0.15) is 0 Å². The lowest BCUT2D eigenvalue weighted by Crippen LogP contribution is -1.99. The van der Waals surface area contributed by atoms with Crippen LogP contribution in [0.5, 0.6) is 5.75 Å². The number of halogens is 1. The van der Waals surface area contributed by atoms with Gasteiger partial charge in [-0.25, -0.2) is 4.39 Å². The second kappa shape index (κ2) is 5.08. The number of nitrogen functional groups attached to an aromatic ring is 1. The fourth-order valence-corrected chi connectivity index (χ4v) is 1.71. The summed E-state index contributed by atoms with van der Waals surface area (Å²) in [6.45, 7) is 4.56. The van der Waals surface area contributed by atoms with Crippen molar-refractivity contribution in [2.45, 2.75) is 20.5 Å². The summed E-state index contributed by atoms with van der Waals surface area (Å²) in [4.78, 5) is 0. The third-order valence-corrected chi connectivity index (χ3v) is 2.94. The fraction of sp³-hybridized carbons (Fsp3) is 0.200.